The molecule has 1 unspecified atom stereocenters. The highest BCUT2D eigenvalue weighted by Crippen LogP contribution is 2.50. The minimum Gasteiger partial charge on any atom is -0.490 e. The van der Waals surface area contributed by atoms with E-state index in [4.69, 9.17) is 31.3 Å². The fourth-order valence-corrected chi connectivity index (χ4v) is 6.77. The Morgan fingerprint density at radius 3 is 2.49 bits per heavy atom. The summed E-state index contributed by atoms with van der Waals surface area (Å²) in [5.41, 5.74) is 5.29. The van der Waals surface area contributed by atoms with Crippen molar-refractivity contribution in [3.05, 3.63) is 82.6 Å². The van der Waals surface area contributed by atoms with Gasteiger partial charge in [0.2, 0.25) is 0 Å². The van der Waals surface area contributed by atoms with E-state index in [1.54, 1.807) is 0 Å². The molecule has 0 bridgehead atoms. The molecule has 0 aliphatic heterocycles. The van der Waals surface area contributed by atoms with E-state index in [-0.39, 0.29) is 44.4 Å². The van der Waals surface area contributed by atoms with Gasteiger partial charge in [0.1, 0.15) is 24.1 Å². The fourth-order valence-electron chi connectivity index (χ4n) is 6.58. The molecule has 1 aromatic heterocycles. The number of para-hydroxylation sites is 1. The highest BCUT2D eigenvalue weighted by Gasteiger charge is 2.46. The highest BCUT2D eigenvalue weighted by molar-refractivity contribution is 6.31. The van der Waals surface area contributed by atoms with Crippen molar-refractivity contribution in [2.75, 3.05) is 39.5 Å². The molecule has 2 aliphatic carbocycles. The lowest BCUT2D eigenvalue weighted by Gasteiger charge is -2.30. The van der Waals surface area contributed by atoms with Gasteiger partial charge in [0, 0.05) is 48.2 Å². The van der Waals surface area contributed by atoms with Crippen LogP contribution in [0, 0.1) is 0 Å². The molecule has 13 heteroatoms. The Morgan fingerprint density at radius 2 is 1.77 bits per heavy atom. The lowest BCUT2D eigenvalue weighted by atomic mass is 9.93. The number of carbonyl (C=O) groups excluding carboxylic acids is 1. The van der Waals surface area contributed by atoms with Crippen molar-refractivity contribution in [2.24, 2.45) is 0 Å². The maximum atomic E-state index is 13.1. The van der Waals surface area contributed by atoms with Gasteiger partial charge in [0.25, 0.3) is 5.91 Å². The molecular weight excluding hydrogens is 702 g/mol. The second kappa shape index (κ2) is 19.4. The topological polar surface area (TPSA) is 185 Å². The average molecular weight is 756 g/mol. The molecule has 12 nitrogen and oxygen atoms in total. The van der Waals surface area contributed by atoms with Crippen LogP contribution in [0.2, 0.25) is 5.02 Å². The average Bonchev–Trinajstić information content (AvgIpc) is 4.13. The first-order valence-electron chi connectivity index (χ1n) is 18.6. The summed E-state index contributed by atoms with van der Waals surface area (Å²) in [6, 6.07) is 16.4. The third-order valence-corrected chi connectivity index (χ3v) is 10.6. The van der Waals surface area contributed by atoms with E-state index >= 15 is 0 Å². The van der Waals surface area contributed by atoms with Gasteiger partial charge in [-0.3, -0.25) is 9.78 Å². The zero-order valence-electron chi connectivity index (χ0n) is 30.3. The number of nitrogens with one attached hydrogen (secondary N) is 1. The van der Waals surface area contributed by atoms with Gasteiger partial charge in [0.05, 0.1) is 32.5 Å². The Labute approximate surface area is 316 Å². The first-order chi connectivity index (χ1) is 25.6. The lowest BCUT2D eigenvalue weighted by molar-refractivity contribution is -0.159. The zero-order chi connectivity index (χ0) is 38.0. The summed E-state index contributed by atoms with van der Waals surface area (Å²) in [7, 11) is 0. The van der Waals surface area contributed by atoms with E-state index < -0.39 is 36.9 Å². The number of halogens is 1. The number of ether oxygens (including phenoxy) is 2. The number of pyridine rings is 1. The third kappa shape index (κ3) is 11.0. The Bertz CT molecular complexity index is 1620. The molecule has 1 heterocycles. The number of aliphatic hydroxyl groups excluding tert-OH is 6. The summed E-state index contributed by atoms with van der Waals surface area (Å²) in [5.74, 6) is 0.258. The van der Waals surface area contributed by atoms with Crippen LogP contribution in [0.5, 0.6) is 5.75 Å². The number of unbranched alkanes of at least 4 members (excludes halogenated alkanes) is 1. The van der Waals surface area contributed by atoms with Crippen molar-refractivity contribution in [1.29, 1.82) is 0 Å². The van der Waals surface area contributed by atoms with Crippen LogP contribution in [0.1, 0.15) is 74.5 Å². The fraction of sp³-hybridized carbons (Fsp3) is 0.550. The summed E-state index contributed by atoms with van der Waals surface area (Å²) in [6.07, 6.45) is 2.76. The zero-order valence-corrected chi connectivity index (χ0v) is 31.1. The van der Waals surface area contributed by atoms with E-state index in [1.807, 2.05) is 42.7 Å². The molecule has 2 saturated carbocycles. The van der Waals surface area contributed by atoms with Gasteiger partial charge in [-0.05, 0) is 84.9 Å². The predicted octanol–water partition coefficient (Wildman–Crippen LogP) is 3.27. The van der Waals surface area contributed by atoms with Crippen LogP contribution < -0.4 is 10.1 Å². The molecule has 53 heavy (non-hydrogen) atoms. The summed E-state index contributed by atoms with van der Waals surface area (Å²) >= 11 is 6.73. The van der Waals surface area contributed by atoms with Crippen LogP contribution in [0.25, 0.3) is 11.1 Å². The van der Waals surface area contributed by atoms with Crippen molar-refractivity contribution in [1.82, 2.24) is 15.2 Å². The molecule has 3 aromatic rings. The Balaban J connectivity index is 1.18. The largest absolute Gasteiger partial charge is 0.490 e. The molecule has 7 N–H and O–H groups in total. The molecule has 2 fully saturated rings. The molecule has 290 valence electrons. The molecule has 1 amide bonds. The molecule has 0 spiro atoms. The highest BCUT2D eigenvalue weighted by atomic mass is 35.5. The minimum absolute atomic E-state index is 0.0838. The molecule has 2 aliphatic rings. The molecular formula is C40H54ClN3O9. The summed E-state index contributed by atoms with van der Waals surface area (Å²) in [6.45, 7) is 2.22. The van der Waals surface area contributed by atoms with E-state index in [2.05, 4.69) is 35.4 Å². The van der Waals surface area contributed by atoms with Crippen molar-refractivity contribution in [3.63, 3.8) is 0 Å². The van der Waals surface area contributed by atoms with Crippen molar-refractivity contribution < 1.29 is 44.9 Å². The third-order valence-electron chi connectivity index (χ3n) is 10.2. The number of benzene rings is 2. The standard InChI is InChI=1S/C40H54ClN3O9/c1-26(6-4-5-17-44(18-20-52-21-19-45)39(51)38(50)37(49)36(48)34(47)25-46)27-9-12-33(41)28(22-27)23-43-40(14-15-40)32-24-42-16-13-30(32)31-7-2-3-8-35(31)53-29-10-11-29/h2-3,7-9,12-13,16,22,24,26,29,34,36-38,43,45-50H,4-6,10-11,14-15,17-21,23,25H2,1H3/t26?,34-,36+,37-,38-/m0/s1. The Hall–Kier alpha value is -3.17. The molecule has 5 atom stereocenters. The maximum absolute atomic E-state index is 13.1. The number of hydrogen-bond acceptors (Lipinski definition) is 11. The van der Waals surface area contributed by atoms with Crippen LogP contribution in [0.3, 0.4) is 0 Å². The Morgan fingerprint density at radius 1 is 1.00 bits per heavy atom. The summed E-state index contributed by atoms with van der Waals surface area (Å²) in [5, 5.41) is 63.0. The van der Waals surface area contributed by atoms with E-state index in [9.17, 15) is 25.2 Å². The van der Waals surface area contributed by atoms with Gasteiger partial charge in [0.15, 0.2) is 6.10 Å². The van der Waals surface area contributed by atoms with Gasteiger partial charge in [-0.2, -0.15) is 0 Å². The summed E-state index contributed by atoms with van der Waals surface area (Å²) < 4.78 is 11.6. The van der Waals surface area contributed by atoms with Crippen molar-refractivity contribution in [3.8, 4) is 16.9 Å². The second-order valence-corrected chi connectivity index (χ2v) is 14.7. The molecule has 0 radical (unpaired) electrons. The minimum atomic E-state index is -2.01. The van der Waals surface area contributed by atoms with Crippen molar-refractivity contribution >= 4 is 17.5 Å². The lowest BCUT2D eigenvalue weighted by Crippen LogP contribution is -2.53. The Kier molecular flexibility index (Phi) is 15.0. The number of carbonyl (C=O) groups is 1. The van der Waals surface area contributed by atoms with E-state index in [1.165, 1.54) is 4.90 Å². The van der Waals surface area contributed by atoms with Gasteiger partial charge in [-0.1, -0.05) is 55.3 Å². The second-order valence-electron chi connectivity index (χ2n) is 14.3. The number of rotatable bonds is 23. The van der Waals surface area contributed by atoms with Gasteiger partial charge >= 0.3 is 0 Å². The number of nitrogens with zero attached hydrogens (tertiary/aromatic N) is 2. The molecule has 5 rings (SSSR count). The number of hydrogen-bond donors (Lipinski definition) is 7. The summed E-state index contributed by atoms with van der Waals surface area (Å²) in [4.78, 5) is 18.9. The van der Waals surface area contributed by atoms with Crippen LogP contribution in [-0.4, -0.2) is 116 Å². The van der Waals surface area contributed by atoms with E-state index in [0.29, 0.717) is 24.1 Å². The van der Waals surface area contributed by atoms with Crippen LogP contribution >= 0.6 is 11.6 Å². The number of amides is 1. The van der Waals surface area contributed by atoms with Crippen LogP contribution in [0.15, 0.2) is 60.9 Å². The van der Waals surface area contributed by atoms with Crippen LogP contribution in [-0.2, 0) is 21.6 Å². The van der Waals surface area contributed by atoms with Gasteiger partial charge < -0.3 is 50.3 Å². The maximum Gasteiger partial charge on any atom is 0.254 e. The number of aliphatic hydroxyl groups is 6. The normalized spacial score (nSPS) is 17.8. The van der Waals surface area contributed by atoms with Crippen LogP contribution in [0.4, 0.5) is 0 Å². The van der Waals surface area contributed by atoms with Gasteiger partial charge in [-0.15, -0.1) is 0 Å². The smallest absolute Gasteiger partial charge is 0.254 e. The quantitative estimate of drug-likeness (QED) is 0.0705. The monoisotopic (exact) mass is 755 g/mol. The molecule has 0 saturated heterocycles. The van der Waals surface area contributed by atoms with Gasteiger partial charge in [-0.25, -0.2) is 0 Å². The van der Waals surface area contributed by atoms with Crippen molar-refractivity contribution in [2.45, 2.75) is 100 Å². The first-order valence-corrected chi connectivity index (χ1v) is 19.0. The number of aromatic nitrogens is 1. The van der Waals surface area contributed by atoms with E-state index in [0.717, 1.165) is 72.1 Å². The predicted molar refractivity (Wildman–Crippen MR) is 200 cm³/mol. The SMILES string of the molecule is CC(CCCCN(CCOCCO)C(=O)[C@@H](O)[C@@H](O)[C@H](O)[C@@H](O)CO)c1ccc(Cl)c(CNC2(c3cnccc3-c3ccccc3OC3CC3)CC2)c1. The first kappa shape index (κ1) is 41.0. The molecule has 2 aromatic carbocycles.